The van der Waals surface area contributed by atoms with Gasteiger partial charge in [-0.3, -0.25) is 9.59 Å². The van der Waals surface area contributed by atoms with Crippen LogP contribution < -0.4 is 5.73 Å². The van der Waals surface area contributed by atoms with Gasteiger partial charge in [-0.15, -0.1) is 0 Å². The van der Waals surface area contributed by atoms with Gasteiger partial charge in [0.05, 0.1) is 0 Å². The molecule has 0 aromatic carbocycles. The molecule has 4 nitrogen and oxygen atoms in total. The highest BCUT2D eigenvalue weighted by Crippen LogP contribution is 1.86. The van der Waals surface area contributed by atoms with Gasteiger partial charge >= 0.3 is 5.97 Å². The number of hydrogen-bond donors (Lipinski definition) is 1. The third-order valence-electron chi connectivity index (χ3n) is 0.758. The minimum absolute atomic E-state index is 0.0600. The van der Waals surface area contributed by atoms with Crippen LogP contribution >= 0.6 is 0 Å². The molecule has 4 heteroatoms. The first kappa shape index (κ1) is 8.68. The van der Waals surface area contributed by atoms with Crippen molar-refractivity contribution in [2.75, 3.05) is 0 Å². The quantitative estimate of drug-likeness (QED) is 0.334. The molecule has 0 fully saturated rings. The smallest absolute Gasteiger partial charge is 0.307 e. The Hall–Kier alpha value is -1.32. The average molecular weight is 143 g/mol. The second-order valence-electron chi connectivity index (χ2n) is 1.74. The summed E-state index contributed by atoms with van der Waals surface area (Å²) in [6.45, 7) is 2.51. The van der Waals surface area contributed by atoms with E-state index < -0.39 is 5.97 Å². The van der Waals surface area contributed by atoms with Crippen LogP contribution in [0.2, 0.25) is 0 Å². The molecule has 0 aliphatic heterocycles. The van der Waals surface area contributed by atoms with E-state index in [1.54, 1.807) is 0 Å². The topological polar surface area (TPSA) is 69.4 Å². The molecule has 0 aliphatic carbocycles. The largest absolute Gasteiger partial charge is 0.432 e. The van der Waals surface area contributed by atoms with Crippen LogP contribution in [0.25, 0.3) is 0 Å². The molecule has 0 saturated carbocycles. The van der Waals surface area contributed by atoms with Gasteiger partial charge in [0.15, 0.2) is 5.78 Å². The van der Waals surface area contributed by atoms with Crippen molar-refractivity contribution in [2.24, 2.45) is 5.73 Å². The molecular formula is C6H9NO3. The second-order valence-corrected chi connectivity index (χ2v) is 1.74. The van der Waals surface area contributed by atoms with Crippen molar-refractivity contribution in [3.8, 4) is 0 Å². The van der Waals surface area contributed by atoms with Crippen LogP contribution in [-0.4, -0.2) is 11.8 Å². The highest BCUT2D eigenvalue weighted by Gasteiger charge is 1.96. The van der Waals surface area contributed by atoms with Crippen molar-refractivity contribution in [3.05, 3.63) is 12.0 Å². The summed E-state index contributed by atoms with van der Waals surface area (Å²) in [5.41, 5.74) is 5.04. The number of Topliss-reactive ketones (excluding diaryl/α,β-unsaturated/α-hetero) is 1. The number of ether oxygens (including phenoxy) is 1. The predicted octanol–water partition coefficient (Wildman–Crippen LogP) is -0.0614. The maximum absolute atomic E-state index is 10.4. The first-order chi connectivity index (χ1) is 4.54. The molecule has 0 saturated heterocycles. The third kappa shape index (κ3) is 3.65. The Bertz CT molecular complexity index is 183. The standard InChI is InChI=1S/C6H9NO3/c1-4(8)6(7)3-10-5(2)9/h3H,7H2,1-2H3. The summed E-state index contributed by atoms with van der Waals surface area (Å²) < 4.78 is 4.32. The molecule has 2 N–H and O–H groups in total. The number of nitrogens with two attached hydrogens (primary N) is 1. The van der Waals surface area contributed by atoms with Gasteiger partial charge in [-0.25, -0.2) is 0 Å². The lowest BCUT2D eigenvalue weighted by atomic mass is 10.4. The molecule has 0 spiro atoms. The predicted molar refractivity (Wildman–Crippen MR) is 34.7 cm³/mol. The molecule has 0 unspecified atom stereocenters. The van der Waals surface area contributed by atoms with Crippen LogP contribution in [0.3, 0.4) is 0 Å². The Balaban J connectivity index is 3.92. The number of esters is 1. The lowest BCUT2D eigenvalue weighted by molar-refractivity contribution is -0.135. The van der Waals surface area contributed by atoms with Gasteiger partial charge < -0.3 is 10.5 Å². The number of allylic oxidation sites excluding steroid dienone is 1. The molecule has 0 atom stereocenters. The SMILES string of the molecule is CC(=O)OC=C(N)C(C)=O. The Morgan fingerprint density at radius 2 is 1.90 bits per heavy atom. The summed E-state index contributed by atoms with van der Waals surface area (Å²) in [7, 11) is 0. The summed E-state index contributed by atoms with van der Waals surface area (Å²) in [5, 5.41) is 0. The first-order valence-corrected chi connectivity index (χ1v) is 2.68. The van der Waals surface area contributed by atoms with Gasteiger partial charge in [0.2, 0.25) is 0 Å². The van der Waals surface area contributed by atoms with Gasteiger partial charge in [-0.2, -0.15) is 0 Å². The van der Waals surface area contributed by atoms with E-state index in [4.69, 9.17) is 5.73 Å². The van der Waals surface area contributed by atoms with Gasteiger partial charge in [0.25, 0.3) is 0 Å². The van der Waals surface area contributed by atoms with Crippen LogP contribution in [0.4, 0.5) is 0 Å². The summed E-state index contributed by atoms with van der Waals surface area (Å²) in [4.78, 5) is 20.5. The number of carbonyl (C=O) groups is 2. The second kappa shape index (κ2) is 3.66. The number of carbonyl (C=O) groups excluding carboxylic acids is 2. The molecule has 0 aromatic rings. The summed E-state index contributed by atoms with van der Waals surface area (Å²) in [6, 6.07) is 0. The van der Waals surface area contributed by atoms with Crippen LogP contribution in [-0.2, 0) is 14.3 Å². The Morgan fingerprint density at radius 3 is 2.20 bits per heavy atom. The molecule has 56 valence electrons. The molecule has 0 aliphatic rings. The van der Waals surface area contributed by atoms with Crippen molar-refractivity contribution in [2.45, 2.75) is 13.8 Å². The average Bonchev–Trinajstić information content (AvgIpc) is 1.82. The fourth-order valence-electron chi connectivity index (χ4n) is 0.229. The third-order valence-corrected chi connectivity index (χ3v) is 0.758. The highest BCUT2D eigenvalue weighted by atomic mass is 16.5. The molecule has 0 bridgehead atoms. The van der Waals surface area contributed by atoms with Crippen molar-refractivity contribution < 1.29 is 14.3 Å². The zero-order valence-electron chi connectivity index (χ0n) is 5.88. The van der Waals surface area contributed by atoms with Crippen molar-refractivity contribution in [1.29, 1.82) is 0 Å². The minimum Gasteiger partial charge on any atom is -0.432 e. The first-order valence-electron chi connectivity index (χ1n) is 2.68. The normalized spacial score (nSPS) is 10.8. The van der Waals surface area contributed by atoms with E-state index >= 15 is 0 Å². The van der Waals surface area contributed by atoms with E-state index in [9.17, 15) is 9.59 Å². The Labute approximate surface area is 58.7 Å². The molecule has 0 radical (unpaired) electrons. The summed E-state index contributed by atoms with van der Waals surface area (Å²) in [5.74, 6) is -0.814. The molecule has 0 rings (SSSR count). The lowest BCUT2D eigenvalue weighted by Gasteiger charge is -1.93. The zero-order valence-corrected chi connectivity index (χ0v) is 5.88. The van der Waals surface area contributed by atoms with Crippen molar-refractivity contribution in [1.82, 2.24) is 0 Å². The monoisotopic (exact) mass is 143 g/mol. The zero-order chi connectivity index (χ0) is 8.15. The van der Waals surface area contributed by atoms with E-state index in [1.807, 2.05) is 0 Å². The molecular weight excluding hydrogens is 134 g/mol. The van der Waals surface area contributed by atoms with Gasteiger partial charge in [0.1, 0.15) is 12.0 Å². The van der Waals surface area contributed by atoms with Crippen LogP contribution in [0.5, 0.6) is 0 Å². The lowest BCUT2D eigenvalue weighted by Crippen LogP contribution is -2.08. The number of rotatable bonds is 2. The molecule has 0 amide bonds. The highest BCUT2D eigenvalue weighted by molar-refractivity contribution is 5.92. The Kier molecular flexibility index (Phi) is 3.17. The molecule has 0 aromatic heterocycles. The van der Waals surface area contributed by atoms with E-state index in [0.717, 1.165) is 6.26 Å². The van der Waals surface area contributed by atoms with Crippen molar-refractivity contribution >= 4 is 11.8 Å². The van der Waals surface area contributed by atoms with E-state index in [0.29, 0.717) is 0 Å². The number of ketones is 1. The Morgan fingerprint density at radius 1 is 1.40 bits per heavy atom. The van der Waals surface area contributed by atoms with Crippen LogP contribution in [0, 0.1) is 0 Å². The fourth-order valence-corrected chi connectivity index (χ4v) is 0.229. The van der Waals surface area contributed by atoms with Crippen molar-refractivity contribution in [3.63, 3.8) is 0 Å². The summed E-state index contributed by atoms with van der Waals surface area (Å²) >= 11 is 0. The minimum atomic E-state index is -0.496. The van der Waals surface area contributed by atoms with Crippen LogP contribution in [0.15, 0.2) is 12.0 Å². The summed E-state index contributed by atoms with van der Waals surface area (Å²) in [6.07, 6.45) is 0.935. The molecule has 0 heterocycles. The van der Waals surface area contributed by atoms with Gasteiger partial charge in [-0.05, 0) is 0 Å². The van der Waals surface area contributed by atoms with E-state index in [2.05, 4.69) is 4.74 Å². The number of hydrogen-bond acceptors (Lipinski definition) is 4. The van der Waals surface area contributed by atoms with Crippen LogP contribution in [0.1, 0.15) is 13.8 Å². The van der Waals surface area contributed by atoms with Gasteiger partial charge in [-0.1, -0.05) is 0 Å². The van der Waals surface area contributed by atoms with E-state index in [1.165, 1.54) is 13.8 Å². The molecule has 10 heavy (non-hydrogen) atoms. The fraction of sp³-hybridized carbons (Fsp3) is 0.333. The maximum Gasteiger partial charge on any atom is 0.307 e. The van der Waals surface area contributed by atoms with E-state index in [-0.39, 0.29) is 11.5 Å². The maximum atomic E-state index is 10.4. The van der Waals surface area contributed by atoms with Gasteiger partial charge in [0, 0.05) is 13.8 Å².